The molecule has 1 N–H and O–H groups in total. The van der Waals surface area contributed by atoms with Gasteiger partial charge in [0.05, 0.1) is 22.4 Å². The van der Waals surface area contributed by atoms with Gasteiger partial charge in [-0.1, -0.05) is 19.8 Å². The number of hydrogen-bond acceptors (Lipinski definition) is 2. The lowest BCUT2D eigenvalue weighted by atomic mass is 9.79. The third kappa shape index (κ3) is 2.29. The molecule has 4 heteroatoms. The zero-order chi connectivity index (χ0) is 12.5. The van der Waals surface area contributed by atoms with Crippen LogP contribution in [0.15, 0.2) is 10.7 Å². The molecule has 1 heterocycles. The molecule has 1 aromatic heterocycles. The molecule has 0 aromatic carbocycles. The van der Waals surface area contributed by atoms with Gasteiger partial charge in [0.2, 0.25) is 0 Å². The van der Waals surface area contributed by atoms with E-state index < -0.39 is 0 Å². The summed E-state index contributed by atoms with van der Waals surface area (Å²) in [6.45, 7) is 5.47. The molecule has 0 bridgehead atoms. The van der Waals surface area contributed by atoms with Gasteiger partial charge in [0.25, 0.3) is 0 Å². The van der Waals surface area contributed by atoms with Crippen LogP contribution in [0, 0.1) is 5.41 Å². The quantitative estimate of drug-likeness (QED) is 0.922. The van der Waals surface area contributed by atoms with Crippen LogP contribution in [0.25, 0.3) is 0 Å². The fourth-order valence-electron chi connectivity index (χ4n) is 3.20. The van der Waals surface area contributed by atoms with Crippen LogP contribution in [0.4, 0.5) is 0 Å². The molecule has 1 aliphatic rings. The highest BCUT2D eigenvalue weighted by Gasteiger charge is 2.39. The number of nitrogens with one attached hydrogen (secondary N) is 1. The van der Waals surface area contributed by atoms with E-state index in [2.05, 4.69) is 51.9 Å². The number of nitrogens with zero attached hydrogens (tertiary/aromatic N) is 2. The van der Waals surface area contributed by atoms with Gasteiger partial charge >= 0.3 is 0 Å². The van der Waals surface area contributed by atoms with Crippen molar-refractivity contribution in [3.05, 3.63) is 16.4 Å². The Hall–Kier alpha value is -0.350. The monoisotopic (exact) mass is 299 g/mol. The van der Waals surface area contributed by atoms with E-state index in [1.54, 1.807) is 0 Å². The molecule has 0 saturated heterocycles. The van der Waals surface area contributed by atoms with Gasteiger partial charge in [0.15, 0.2) is 0 Å². The highest BCUT2D eigenvalue weighted by molar-refractivity contribution is 9.10. The summed E-state index contributed by atoms with van der Waals surface area (Å²) in [4.78, 5) is 0. The molecular formula is C13H22BrN3. The van der Waals surface area contributed by atoms with Gasteiger partial charge in [-0.15, -0.1) is 0 Å². The minimum atomic E-state index is 0.365. The van der Waals surface area contributed by atoms with Crippen molar-refractivity contribution in [3.8, 4) is 0 Å². The van der Waals surface area contributed by atoms with Crippen LogP contribution >= 0.6 is 15.9 Å². The number of aromatic nitrogens is 2. The summed E-state index contributed by atoms with van der Waals surface area (Å²) in [6.07, 6.45) is 7.24. The van der Waals surface area contributed by atoms with E-state index in [0.717, 1.165) is 11.0 Å². The van der Waals surface area contributed by atoms with Crippen molar-refractivity contribution < 1.29 is 0 Å². The van der Waals surface area contributed by atoms with Crippen LogP contribution in [-0.2, 0) is 6.54 Å². The van der Waals surface area contributed by atoms with Gasteiger partial charge < -0.3 is 5.32 Å². The lowest BCUT2D eigenvalue weighted by Gasteiger charge is -2.34. The van der Waals surface area contributed by atoms with E-state index in [-0.39, 0.29) is 0 Å². The molecule has 0 radical (unpaired) electrons. The van der Waals surface area contributed by atoms with Crippen LogP contribution in [0.2, 0.25) is 0 Å². The van der Waals surface area contributed by atoms with Crippen molar-refractivity contribution >= 4 is 15.9 Å². The van der Waals surface area contributed by atoms with Gasteiger partial charge in [-0.25, -0.2) is 0 Å². The van der Waals surface area contributed by atoms with Crippen molar-refractivity contribution in [2.24, 2.45) is 5.41 Å². The second-order valence-electron chi connectivity index (χ2n) is 5.28. The molecule has 0 amide bonds. The molecule has 1 aliphatic carbocycles. The lowest BCUT2D eigenvalue weighted by Crippen LogP contribution is -2.34. The Morgan fingerprint density at radius 2 is 2.18 bits per heavy atom. The Morgan fingerprint density at radius 3 is 2.71 bits per heavy atom. The minimum Gasteiger partial charge on any atom is -0.311 e. The Balaban J connectivity index is 2.37. The van der Waals surface area contributed by atoms with Crippen molar-refractivity contribution in [3.63, 3.8) is 0 Å². The second-order valence-corrected chi connectivity index (χ2v) is 6.13. The van der Waals surface area contributed by atoms with Crippen molar-refractivity contribution in [2.45, 2.75) is 52.1 Å². The summed E-state index contributed by atoms with van der Waals surface area (Å²) in [5.74, 6) is 0. The summed E-state index contributed by atoms with van der Waals surface area (Å²) >= 11 is 3.65. The summed E-state index contributed by atoms with van der Waals surface area (Å²) < 4.78 is 3.24. The van der Waals surface area contributed by atoms with E-state index in [0.29, 0.717) is 11.5 Å². The maximum atomic E-state index is 4.44. The number of hydrogen-bond donors (Lipinski definition) is 1. The Kier molecular flexibility index (Phi) is 3.93. The van der Waals surface area contributed by atoms with Crippen molar-refractivity contribution in [1.29, 1.82) is 0 Å². The van der Waals surface area contributed by atoms with E-state index in [9.17, 15) is 0 Å². The molecular weight excluding hydrogens is 278 g/mol. The lowest BCUT2D eigenvalue weighted by molar-refractivity contribution is 0.222. The Bertz CT molecular complexity index is 380. The first-order valence-electron chi connectivity index (χ1n) is 6.51. The van der Waals surface area contributed by atoms with E-state index in [4.69, 9.17) is 0 Å². The summed E-state index contributed by atoms with van der Waals surface area (Å²) in [5.41, 5.74) is 1.67. The predicted molar refractivity (Wildman–Crippen MR) is 74.0 cm³/mol. The first-order chi connectivity index (χ1) is 8.12. The molecule has 96 valence electrons. The zero-order valence-electron chi connectivity index (χ0n) is 11.0. The highest BCUT2D eigenvalue weighted by Crippen LogP contribution is 2.48. The summed E-state index contributed by atoms with van der Waals surface area (Å²) in [6, 6.07) is 0.391. The fraction of sp³-hybridized carbons (Fsp3) is 0.769. The number of rotatable bonds is 4. The van der Waals surface area contributed by atoms with Crippen LogP contribution in [0.1, 0.15) is 51.3 Å². The molecule has 1 aromatic rings. The summed E-state index contributed by atoms with van der Waals surface area (Å²) in [7, 11) is 2.06. The summed E-state index contributed by atoms with van der Waals surface area (Å²) in [5, 5.41) is 7.95. The maximum absolute atomic E-state index is 4.44. The van der Waals surface area contributed by atoms with Crippen LogP contribution < -0.4 is 5.32 Å². The topological polar surface area (TPSA) is 29.9 Å². The van der Waals surface area contributed by atoms with Gasteiger partial charge in [-0.05, 0) is 48.2 Å². The molecule has 2 rings (SSSR count). The first-order valence-corrected chi connectivity index (χ1v) is 7.30. The smallest absolute Gasteiger partial charge is 0.0701 e. The number of halogens is 1. The van der Waals surface area contributed by atoms with Gasteiger partial charge in [-0.2, -0.15) is 5.10 Å². The molecule has 3 nitrogen and oxygen atoms in total. The largest absolute Gasteiger partial charge is 0.311 e. The first kappa shape index (κ1) is 13.1. The van der Waals surface area contributed by atoms with Crippen molar-refractivity contribution in [2.75, 3.05) is 7.05 Å². The molecule has 1 fully saturated rings. The van der Waals surface area contributed by atoms with E-state index in [1.807, 2.05) is 6.20 Å². The third-order valence-corrected chi connectivity index (χ3v) is 4.75. The minimum absolute atomic E-state index is 0.365. The standard InChI is InChI=1S/C13H22BrN3/c1-4-17-11(10(14)9-16-17)12(15-3)13(2)7-5-6-8-13/h9,12,15H,4-8H2,1-3H3. The highest BCUT2D eigenvalue weighted by atomic mass is 79.9. The average Bonchev–Trinajstić information content (AvgIpc) is 2.89. The Morgan fingerprint density at radius 1 is 1.53 bits per heavy atom. The van der Waals surface area contributed by atoms with E-state index in [1.165, 1.54) is 31.4 Å². The average molecular weight is 300 g/mol. The second kappa shape index (κ2) is 5.11. The maximum Gasteiger partial charge on any atom is 0.0701 e. The Labute approximate surface area is 112 Å². The zero-order valence-corrected chi connectivity index (χ0v) is 12.5. The van der Waals surface area contributed by atoms with E-state index >= 15 is 0 Å². The van der Waals surface area contributed by atoms with Crippen LogP contribution in [0.5, 0.6) is 0 Å². The molecule has 17 heavy (non-hydrogen) atoms. The third-order valence-electron chi connectivity index (χ3n) is 4.14. The molecule has 1 atom stereocenters. The van der Waals surface area contributed by atoms with Crippen molar-refractivity contribution in [1.82, 2.24) is 15.1 Å². The van der Waals surface area contributed by atoms with Gasteiger partial charge in [0.1, 0.15) is 0 Å². The molecule has 0 aliphatic heterocycles. The number of aryl methyl sites for hydroxylation is 1. The van der Waals surface area contributed by atoms with Gasteiger partial charge in [0, 0.05) is 6.54 Å². The molecule has 1 unspecified atom stereocenters. The predicted octanol–water partition coefficient (Wildman–Crippen LogP) is 3.51. The SMILES string of the molecule is CCn1ncc(Br)c1C(NC)C1(C)CCCC1. The molecule has 1 saturated carbocycles. The fourth-order valence-corrected chi connectivity index (χ4v) is 3.72. The van der Waals surface area contributed by atoms with Crippen LogP contribution in [-0.4, -0.2) is 16.8 Å². The van der Waals surface area contributed by atoms with Crippen LogP contribution in [0.3, 0.4) is 0 Å². The normalized spacial score (nSPS) is 20.7. The van der Waals surface area contributed by atoms with Gasteiger partial charge in [-0.3, -0.25) is 4.68 Å². The molecule has 0 spiro atoms.